The van der Waals surface area contributed by atoms with E-state index in [-0.39, 0.29) is 17.0 Å². The lowest BCUT2D eigenvalue weighted by Crippen LogP contribution is -2.40. The van der Waals surface area contributed by atoms with Gasteiger partial charge in [-0.1, -0.05) is 6.07 Å². The Morgan fingerprint density at radius 1 is 0.880 bits per heavy atom. The lowest BCUT2D eigenvalue weighted by molar-refractivity contribution is 0.0919. The molecule has 0 unspecified atom stereocenters. The number of nitrogens with one attached hydrogen (secondary N) is 2. The molecule has 0 spiro atoms. The average molecular weight is 350 g/mol. The van der Waals surface area contributed by atoms with Gasteiger partial charge >= 0.3 is 0 Å². The molecule has 0 heterocycles. The highest BCUT2D eigenvalue weighted by molar-refractivity contribution is 6.06. The second-order valence-electron chi connectivity index (χ2n) is 6.46. The molecule has 7 heteroatoms. The van der Waals surface area contributed by atoms with E-state index in [1.807, 2.05) is 20.8 Å². The van der Waals surface area contributed by atoms with Gasteiger partial charge in [0.25, 0.3) is 11.8 Å². The Labute approximate surface area is 143 Å². The van der Waals surface area contributed by atoms with Crippen molar-refractivity contribution in [2.24, 2.45) is 0 Å². The predicted octanol–water partition coefficient (Wildman–Crippen LogP) is 3.88. The first-order valence-electron chi connectivity index (χ1n) is 7.46. The van der Waals surface area contributed by atoms with Crippen LogP contribution >= 0.6 is 0 Å². The quantitative estimate of drug-likeness (QED) is 0.825. The van der Waals surface area contributed by atoms with Crippen LogP contribution in [-0.2, 0) is 0 Å². The molecule has 132 valence electrons. The van der Waals surface area contributed by atoms with E-state index in [0.717, 1.165) is 6.07 Å². The lowest BCUT2D eigenvalue weighted by atomic mass is 10.1. The molecule has 2 rings (SSSR count). The fraction of sp³-hybridized carbons (Fsp3) is 0.222. The predicted molar refractivity (Wildman–Crippen MR) is 87.9 cm³/mol. The molecule has 2 N–H and O–H groups in total. The van der Waals surface area contributed by atoms with Gasteiger partial charge in [0.2, 0.25) is 0 Å². The molecule has 0 saturated heterocycles. The molecule has 0 aliphatic heterocycles. The van der Waals surface area contributed by atoms with Crippen LogP contribution in [0.25, 0.3) is 0 Å². The number of anilines is 1. The van der Waals surface area contributed by atoms with Crippen molar-refractivity contribution in [3.05, 3.63) is 65.0 Å². The Balaban J connectivity index is 2.22. The van der Waals surface area contributed by atoms with Gasteiger partial charge in [0.1, 0.15) is 0 Å². The van der Waals surface area contributed by atoms with E-state index in [9.17, 15) is 22.8 Å². The van der Waals surface area contributed by atoms with Crippen LogP contribution in [0.5, 0.6) is 0 Å². The fourth-order valence-electron chi connectivity index (χ4n) is 2.03. The molecule has 4 nitrogen and oxygen atoms in total. The van der Waals surface area contributed by atoms with Gasteiger partial charge in [-0.15, -0.1) is 0 Å². The summed E-state index contributed by atoms with van der Waals surface area (Å²) < 4.78 is 39.8. The summed E-state index contributed by atoms with van der Waals surface area (Å²) in [7, 11) is 0. The van der Waals surface area contributed by atoms with Crippen LogP contribution in [0.3, 0.4) is 0 Å². The molecular formula is C18H17F3N2O2. The SMILES string of the molecule is CC(C)(C)NC(=O)c1cccc(C(=O)Nc2ccc(F)c(F)c2F)c1. The van der Waals surface area contributed by atoms with Gasteiger partial charge in [-0.25, -0.2) is 13.2 Å². The van der Waals surface area contributed by atoms with Crippen LogP contribution in [0.4, 0.5) is 18.9 Å². The van der Waals surface area contributed by atoms with Gasteiger partial charge < -0.3 is 10.6 Å². The third kappa shape index (κ3) is 4.59. The van der Waals surface area contributed by atoms with Crippen LogP contribution < -0.4 is 10.6 Å². The van der Waals surface area contributed by atoms with Crippen molar-refractivity contribution in [1.82, 2.24) is 5.32 Å². The molecule has 0 aliphatic rings. The van der Waals surface area contributed by atoms with Crippen molar-refractivity contribution < 1.29 is 22.8 Å². The van der Waals surface area contributed by atoms with Gasteiger partial charge in [0, 0.05) is 16.7 Å². The number of hydrogen-bond donors (Lipinski definition) is 2. The minimum Gasteiger partial charge on any atom is -0.347 e. The summed E-state index contributed by atoms with van der Waals surface area (Å²) >= 11 is 0. The van der Waals surface area contributed by atoms with Gasteiger partial charge in [-0.2, -0.15) is 0 Å². The minimum absolute atomic E-state index is 0.0747. The summed E-state index contributed by atoms with van der Waals surface area (Å²) in [6.45, 7) is 5.44. The monoisotopic (exact) mass is 350 g/mol. The lowest BCUT2D eigenvalue weighted by Gasteiger charge is -2.20. The van der Waals surface area contributed by atoms with Crippen LogP contribution in [0.2, 0.25) is 0 Å². The van der Waals surface area contributed by atoms with E-state index in [1.165, 1.54) is 24.3 Å². The maximum Gasteiger partial charge on any atom is 0.255 e. The molecule has 2 aromatic rings. The molecule has 0 aromatic heterocycles. The average Bonchev–Trinajstić information content (AvgIpc) is 2.54. The van der Waals surface area contributed by atoms with Crippen LogP contribution in [0.1, 0.15) is 41.5 Å². The molecule has 0 aliphatic carbocycles. The Morgan fingerprint density at radius 3 is 2.08 bits per heavy atom. The van der Waals surface area contributed by atoms with Gasteiger partial charge in [0.05, 0.1) is 5.69 Å². The molecular weight excluding hydrogens is 333 g/mol. The topological polar surface area (TPSA) is 58.2 Å². The van der Waals surface area contributed by atoms with E-state index in [2.05, 4.69) is 10.6 Å². The molecule has 0 atom stereocenters. The Morgan fingerprint density at radius 2 is 1.48 bits per heavy atom. The zero-order chi connectivity index (χ0) is 18.8. The first kappa shape index (κ1) is 18.5. The molecule has 25 heavy (non-hydrogen) atoms. The smallest absolute Gasteiger partial charge is 0.255 e. The summed E-state index contributed by atoms with van der Waals surface area (Å²) in [5.41, 5.74) is -0.628. The van der Waals surface area contributed by atoms with Crippen LogP contribution in [0, 0.1) is 17.5 Å². The molecule has 2 amide bonds. The van der Waals surface area contributed by atoms with Gasteiger partial charge in [-0.05, 0) is 51.1 Å². The zero-order valence-corrected chi connectivity index (χ0v) is 13.9. The van der Waals surface area contributed by atoms with Gasteiger partial charge in [-0.3, -0.25) is 9.59 Å². The minimum atomic E-state index is -1.67. The molecule has 0 bridgehead atoms. The van der Waals surface area contributed by atoms with Crippen LogP contribution in [0.15, 0.2) is 36.4 Å². The number of carbonyl (C=O) groups is 2. The third-order valence-electron chi connectivity index (χ3n) is 3.16. The normalized spacial score (nSPS) is 11.1. The first-order valence-corrected chi connectivity index (χ1v) is 7.46. The Bertz CT molecular complexity index is 830. The van der Waals surface area contributed by atoms with E-state index >= 15 is 0 Å². The fourth-order valence-corrected chi connectivity index (χ4v) is 2.03. The van der Waals surface area contributed by atoms with Crippen molar-refractivity contribution in [2.45, 2.75) is 26.3 Å². The van der Waals surface area contributed by atoms with E-state index in [0.29, 0.717) is 6.07 Å². The molecule has 0 saturated carbocycles. The highest BCUT2D eigenvalue weighted by atomic mass is 19.2. The Kier molecular flexibility index (Phi) is 5.15. The number of halogens is 3. The van der Waals surface area contributed by atoms with Crippen molar-refractivity contribution in [2.75, 3.05) is 5.32 Å². The zero-order valence-electron chi connectivity index (χ0n) is 13.9. The van der Waals surface area contributed by atoms with Gasteiger partial charge in [0.15, 0.2) is 17.5 Å². The first-order chi connectivity index (χ1) is 11.6. The van der Waals surface area contributed by atoms with Crippen molar-refractivity contribution in [3.8, 4) is 0 Å². The number of carbonyl (C=O) groups excluding carboxylic acids is 2. The summed E-state index contributed by atoms with van der Waals surface area (Å²) in [6.07, 6.45) is 0. The largest absolute Gasteiger partial charge is 0.347 e. The highest BCUT2D eigenvalue weighted by Gasteiger charge is 2.18. The number of hydrogen-bond acceptors (Lipinski definition) is 2. The maximum atomic E-state index is 13.6. The number of benzene rings is 2. The van der Waals surface area contributed by atoms with Crippen molar-refractivity contribution in [3.63, 3.8) is 0 Å². The summed E-state index contributed by atoms with van der Waals surface area (Å²) in [5, 5.41) is 4.91. The summed E-state index contributed by atoms with van der Waals surface area (Å²) in [6, 6.07) is 7.39. The third-order valence-corrected chi connectivity index (χ3v) is 3.16. The maximum absolute atomic E-state index is 13.6. The number of amides is 2. The summed E-state index contributed by atoms with van der Waals surface area (Å²) in [5.74, 6) is -5.64. The van der Waals surface area contributed by atoms with Crippen LogP contribution in [-0.4, -0.2) is 17.4 Å². The van der Waals surface area contributed by atoms with E-state index in [4.69, 9.17) is 0 Å². The highest BCUT2D eigenvalue weighted by Crippen LogP contribution is 2.20. The van der Waals surface area contributed by atoms with Crippen molar-refractivity contribution in [1.29, 1.82) is 0 Å². The van der Waals surface area contributed by atoms with E-state index < -0.39 is 34.6 Å². The van der Waals surface area contributed by atoms with Crippen molar-refractivity contribution >= 4 is 17.5 Å². The molecule has 0 fully saturated rings. The second-order valence-corrected chi connectivity index (χ2v) is 6.46. The standard InChI is InChI=1S/C18H17F3N2O2/c1-18(2,3)23-17(25)11-6-4-5-10(9-11)16(24)22-13-8-7-12(19)14(20)15(13)21/h4-9H,1-3H3,(H,22,24)(H,23,25). The summed E-state index contributed by atoms with van der Waals surface area (Å²) in [4.78, 5) is 24.3. The Hall–Kier alpha value is -2.83. The molecule has 0 radical (unpaired) electrons. The number of rotatable bonds is 3. The van der Waals surface area contributed by atoms with E-state index in [1.54, 1.807) is 0 Å². The molecule has 2 aromatic carbocycles. The second kappa shape index (κ2) is 6.96.